The summed E-state index contributed by atoms with van der Waals surface area (Å²) in [5.41, 5.74) is 5.12. The third-order valence-electron chi connectivity index (χ3n) is 5.49. The summed E-state index contributed by atoms with van der Waals surface area (Å²) in [5.74, 6) is 0. The van der Waals surface area contributed by atoms with Crippen molar-refractivity contribution in [3.8, 4) is 0 Å². The number of likely N-dealkylation sites (tertiary alicyclic amines) is 1. The van der Waals surface area contributed by atoms with Crippen molar-refractivity contribution in [2.24, 2.45) is 5.16 Å². The van der Waals surface area contributed by atoms with Crippen LogP contribution in [-0.2, 0) is 13.0 Å². The lowest BCUT2D eigenvalue weighted by atomic mass is 10.0. The van der Waals surface area contributed by atoms with Crippen LogP contribution in [0.25, 0.3) is 0 Å². The maximum atomic E-state index is 8.78. The third-order valence-corrected chi connectivity index (χ3v) is 5.49. The molecular formula is C21H25N3O. The van der Waals surface area contributed by atoms with Gasteiger partial charge in [-0.1, -0.05) is 47.6 Å². The third kappa shape index (κ3) is 3.54. The molecule has 1 saturated heterocycles. The van der Waals surface area contributed by atoms with E-state index < -0.39 is 0 Å². The predicted octanol–water partition coefficient (Wildman–Crippen LogP) is 3.52. The van der Waals surface area contributed by atoms with Crippen LogP contribution in [0, 0.1) is 0 Å². The number of nitrogens with zero attached hydrogens (tertiary/aromatic N) is 3. The molecule has 0 unspecified atom stereocenters. The van der Waals surface area contributed by atoms with E-state index in [4.69, 9.17) is 5.21 Å². The topological polar surface area (TPSA) is 39.1 Å². The Balaban J connectivity index is 1.40. The standard InChI is InChI=1S/C21H25N3O/c25-22-15-18-6-7-19-8-13-24(21(19)14-18)20-9-11-23(12-10-20)16-17-4-2-1-3-5-17/h1-7,14-15,20,25H,8-13,16H2/b22-15+. The van der Waals surface area contributed by atoms with Crippen LogP contribution < -0.4 is 4.90 Å². The summed E-state index contributed by atoms with van der Waals surface area (Å²) >= 11 is 0. The van der Waals surface area contributed by atoms with Gasteiger partial charge >= 0.3 is 0 Å². The quantitative estimate of drug-likeness (QED) is 0.528. The molecule has 0 spiro atoms. The van der Waals surface area contributed by atoms with Crippen LogP contribution >= 0.6 is 0 Å². The Kier molecular flexibility index (Phi) is 4.70. The van der Waals surface area contributed by atoms with Crippen LogP contribution in [0.15, 0.2) is 53.7 Å². The fourth-order valence-electron chi connectivity index (χ4n) is 4.18. The molecule has 0 atom stereocenters. The van der Waals surface area contributed by atoms with Gasteiger partial charge in [0.25, 0.3) is 0 Å². The lowest BCUT2D eigenvalue weighted by Crippen LogP contribution is -2.44. The molecule has 1 N–H and O–H groups in total. The molecule has 1 fully saturated rings. The molecule has 2 aromatic carbocycles. The van der Waals surface area contributed by atoms with Gasteiger partial charge in [-0.2, -0.15) is 0 Å². The molecule has 0 saturated carbocycles. The smallest absolute Gasteiger partial charge is 0.0734 e. The second-order valence-electron chi connectivity index (χ2n) is 7.07. The van der Waals surface area contributed by atoms with Crippen LogP contribution in [0.3, 0.4) is 0 Å². The van der Waals surface area contributed by atoms with Crippen LogP contribution in [-0.4, -0.2) is 42.0 Å². The minimum absolute atomic E-state index is 0.620. The first kappa shape index (κ1) is 16.2. The fourth-order valence-corrected chi connectivity index (χ4v) is 4.18. The van der Waals surface area contributed by atoms with Crippen molar-refractivity contribution < 1.29 is 5.21 Å². The van der Waals surface area contributed by atoms with Gasteiger partial charge in [-0.15, -0.1) is 0 Å². The van der Waals surface area contributed by atoms with Crippen molar-refractivity contribution in [2.75, 3.05) is 24.5 Å². The minimum Gasteiger partial charge on any atom is -0.411 e. The van der Waals surface area contributed by atoms with Gasteiger partial charge < -0.3 is 10.1 Å². The van der Waals surface area contributed by atoms with Crippen LogP contribution in [0.4, 0.5) is 5.69 Å². The maximum absolute atomic E-state index is 8.78. The molecule has 130 valence electrons. The SMILES string of the molecule is O/N=C/c1ccc2c(c1)N(C1CCN(Cc3ccccc3)CC1)CC2. The summed E-state index contributed by atoms with van der Waals surface area (Å²) in [6, 6.07) is 17.7. The largest absolute Gasteiger partial charge is 0.411 e. The van der Waals surface area contributed by atoms with Gasteiger partial charge in [-0.3, -0.25) is 4.90 Å². The highest BCUT2D eigenvalue weighted by Gasteiger charge is 2.29. The van der Waals surface area contributed by atoms with Crippen LogP contribution in [0.2, 0.25) is 0 Å². The molecule has 25 heavy (non-hydrogen) atoms. The van der Waals surface area contributed by atoms with Gasteiger partial charge in [0.2, 0.25) is 0 Å². The first-order valence-corrected chi connectivity index (χ1v) is 9.17. The number of anilines is 1. The highest BCUT2D eigenvalue weighted by molar-refractivity contribution is 5.82. The number of benzene rings is 2. The van der Waals surface area contributed by atoms with Crippen molar-refractivity contribution >= 4 is 11.9 Å². The van der Waals surface area contributed by atoms with Crippen LogP contribution in [0.5, 0.6) is 0 Å². The van der Waals surface area contributed by atoms with Crippen molar-refractivity contribution in [1.82, 2.24) is 4.90 Å². The average Bonchev–Trinajstić information content (AvgIpc) is 3.07. The van der Waals surface area contributed by atoms with Gasteiger partial charge in [0, 0.05) is 37.9 Å². The van der Waals surface area contributed by atoms with E-state index in [0.29, 0.717) is 6.04 Å². The summed E-state index contributed by atoms with van der Waals surface area (Å²) in [6.45, 7) is 4.48. The molecule has 2 aliphatic rings. The monoisotopic (exact) mass is 335 g/mol. The van der Waals surface area contributed by atoms with E-state index in [1.807, 2.05) is 6.07 Å². The maximum Gasteiger partial charge on any atom is 0.0734 e. The molecule has 0 aliphatic carbocycles. The van der Waals surface area contributed by atoms with Crippen molar-refractivity contribution in [3.63, 3.8) is 0 Å². The summed E-state index contributed by atoms with van der Waals surface area (Å²) in [6.07, 6.45) is 5.06. The summed E-state index contributed by atoms with van der Waals surface area (Å²) in [7, 11) is 0. The van der Waals surface area contributed by atoms with E-state index in [1.165, 1.54) is 35.9 Å². The van der Waals surface area contributed by atoms with Gasteiger partial charge in [0.1, 0.15) is 0 Å². The van der Waals surface area contributed by atoms with Gasteiger partial charge in [-0.25, -0.2) is 0 Å². The molecule has 0 radical (unpaired) electrons. The molecule has 4 heteroatoms. The second kappa shape index (κ2) is 7.28. The molecule has 0 amide bonds. The fraction of sp³-hybridized carbons (Fsp3) is 0.381. The Bertz CT molecular complexity index is 736. The molecule has 2 aromatic rings. The van der Waals surface area contributed by atoms with Gasteiger partial charge in [0.05, 0.1) is 6.21 Å². The van der Waals surface area contributed by atoms with Crippen molar-refractivity contribution in [2.45, 2.75) is 31.8 Å². The van der Waals surface area contributed by atoms with Crippen LogP contribution in [0.1, 0.15) is 29.5 Å². The lowest BCUT2D eigenvalue weighted by molar-refractivity contribution is 0.202. The van der Waals surface area contributed by atoms with E-state index in [9.17, 15) is 0 Å². The molecule has 4 nitrogen and oxygen atoms in total. The normalized spacial score (nSPS) is 18.8. The summed E-state index contributed by atoms with van der Waals surface area (Å²) in [4.78, 5) is 5.14. The Hall–Kier alpha value is -2.33. The van der Waals surface area contributed by atoms with Crippen molar-refractivity contribution in [3.05, 3.63) is 65.2 Å². The highest BCUT2D eigenvalue weighted by atomic mass is 16.4. The lowest BCUT2D eigenvalue weighted by Gasteiger charge is -2.38. The highest BCUT2D eigenvalue weighted by Crippen LogP contribution is 2.33. The van der Waals surface area contributed by atoms with E-state index in [0.717, 1.165) is 38.2 Å². The predicted molar refractivity (Wildman–Crippen MR) is 102 cm³/mol. The zero-order chi connectivity index (χ0) is 17.1. The number of oxime groups is 1. The number of rotatable bonds is 4. The Labute approximate surface area is 149 Å². The zero-order valence-corrected chi connectivity index (χ0v) is 14.5. The Morgan fingerprint density at radius 3 is 2.60 bits per heavy atom. The summed E-state index contributed by atoms with van der Waals surface area (Å²) < 4.78 is 0. The Morgan fingerprint density at radius 2 is 1.84 bits per heavy atom. The average molecular weight is 335 g/mol. The van der Waals surface area contributed by atoms with Gasteiger partial charge in [0.15, 0.2) is 0 Å². The Morgan fingerprint density at radius 1 is 1.04 bits per heavy atom. The molecule has 4 rings (SSSR count). The number of fused-ring (bicyclic) bond motifs is 1. The molecule has 0 bridgehead atoms. The first-order valence-electron chi connectivity index (χ1n) is 9.17. The second-order valence-corrected chi connectivity index (χ2v) is 7.07. The number of hydrogen-bond donors (Lipinski definition) is 1. The molecule has 0 aromatic heterocycles. The molecule has 2 heterocycles. The van der Waals surface area contributed by atoms with Crippen molar-refractivity contribution in [1.29, 1.82) is 0 Å². The van der Waals surface area contributed by atoms with E-state index in [-0.39, 0.29) is 0 Å². The first-order chi connectivity index (χ1) is 12.3. The summed E-state index contributed by atoms with van der Waals surface area (Å²) in [5, 5.41) is 12.0. The number of hydrogen-bond acceptors (Lipinski definition) is 4. The van der Waals surface area contributed by atoms with Gasteiger partial charge in [-0.05, 0) is 42.0 Å². The van der Waals surface area contributed by atoms with E-state index >= 15 is 0 Å². The number of piperidine rings is 1. The van der Waals surface area contributed by atoms with E-state index in [1.54, 1.807) is 0 Å². The molecule has 2 aliphatic heterocycles. The molecular weight excluding hydrogens is 310 g/mol. The van der Waals surface area contributed by atoms with E-state index in [2.05, 4.69) is 57.4 Å². The zero-order valence-electron chi connectivity index (χ0n) is 14.5. The minimum atomic E-state index is 0.620.